The first-order valence-corrected chi connectivity index (χ1v) is 11.1. The van der Waals surface area contributed by atoms with Crippen molar-refractivity contribution in [3.05, 3.63) is 59.8 Å². The number of morpholine rings is 1. The maximum Gasteiger partial charge on any atom is 0.220 e. The van der Waals surface area contributed by atoms with Crippen LogP contribution in [0.25, 0.3) is 0 Å². The molecular formula is C24H32N4O2. The largest absolute Gasteiger partial charge is 0.378 e. The van der Waals surface area contributed by atoms with E-state index in [1.807, 2.05) is 12.3 Å². The number of pyridine rings is 1. The number of rotatable bonds is 7. The van der Waals surface area contributed by atoms with Gasteiger partial charge in [0.1, 0.15) is 5.82 Å². The summed E-state index contributed by atoms with van der Waals surface area (Å²) in [4.78, 5) is 21.7. The van der Waals surface area contributed by atoms with Gasteiger partial charge in [0.2, 0.25) is 5.91 Å². The molecule has 4 rings (SSSR count). The highest BCUT2D eigenvalue weighted by Gasteiger charge is 2.20. The van der Waals surface area contributed by atoms with Crippen LogP contribution in [0.1, 0.15) is 30.4 Å². The van der Waals surface area contributed by atoms with E-state index < -0.39 is 0 Å². The number of ether oxygens (including phenoxy) is 1. The monoisotopic (exact) mass is 408 g/mol. The smallest absolute Gasteiger partial charge is 0.220 e. The summed E-state index contributed by atoms with van der Waals surface area (Å²) in [6, 6.07) is 15.0. The number of carbonyl (C=O) groups excluding carboxylic acids is 1. The fraction of sp³-hybridized carbons (Fsp3) is 0.500. The van der Waals surface area contributed by atoms with Crippen LogP contribution in [0.15, 0.2) is 48.7 Å². The maximum atomic E-state index is 12.5. The highest BCUT2D eigenvalue weighted by atomic mass is 16.5. The molecule has 0 unspecified atom stereocenters. The lowest BCUT2D eigenvalue weighted by molar-refractivity contribution is -0.122. The topological polar surface area (TPSA) is 57.7 Å². The summed E-state index contributed by atoms with van der Waals surface area (Å²) >= 11 is 0. The number of likely N-dealkylation sites (tertiary alicyclic amines) is 1. The Bertz CT molecular complexity index is 800. The van der Waals surface area contributed by atoms with Crippen molar-refractivity contribution in [1.29, 1.82) is 0 Å². The van der Waals surface area contributed by atoms with E-state index in [1.165, 1.54) is 11.1 Å². The molecule has 1 amide bonds. The third-order valence-corrected chi connectivity index (χ3v) is 5.99. The van der Waals surface area contributed by atoms with Gasteiger partial charge in [0, 0.05) is 51.4 Å². The van der Waals surface area contributed by atoms with Gasteiger partial charge in [-0.25, -0.2) is 4.98 Å². The lowest BCUT2D eigenvalue weighted by atomic mass is 10.0. The molecule has 2 fully saturated rings. The molecule has 2 aliphatic rings. The molecule has 1 aromatic heterocycles. The van der Waals surface area contributed by atoms with Crippen molar-refractivity contribution in [1.82, 2.24) is 15.2 Å². The summed E-state index contributed by atoms with van der Waals surface area (Å²) in [5.41, 5.74) is 2.52. The van der Waals surface area contributed by atoms with Crippen LogP contribution >= 0.6 is 0 Å². The highest BCUT2D eigenvalue weighted by molar-refractivity contribution is 5.76. The number of hydrogen-bond acceptors (Lipinski definition) is 5. The molecule has 1 aromatic carbocycles. The molecule has 0 bridgehead atoms. The lowest BCUT2D eigenvalue weighted by Gasteiger charge is -2.32. The third-order valence-electron chi connectivity index (χ3n) is 5.99. The van der Waals surface area contributed by atoms with Crippen molar-refractivity contribution in [2.45, 2.75) is 38.3 Å². The first-order valence-electron chi connectivity index (χ1n) is 11.1. The molecule has 2 aromatic rings. The normalized spacial score (nSPS) is 18.3. The van der Waals surface area contributed by atoms with E-state index in [0.29, 0.717) is 12.5 Å². The Labute approximate surface area is 179 Å². The average Bonchev–Trinajstić information content (AvgIpc) is 2.80. The summed E-state index contributed by atoms with van der Waals surface area (Å²) in [5, 5.41) is 3.24. The summed E-state index contributed by atoms with van der Waals surface area (Å²) in [6.45, 7) is 6.31. The van der Waals surface area contributed by atoms with Crippen LogP contribution in [-0.2, 0) is 22.5 Å². The molecule has 1 N–H and O–H groups in total. The van der Waals surface area contributed by atoms with Crippen molar-refractivity contribution in [2.75, 3.05) is 44.3 Å². The van der Waals surface area contributed by atoms with Crippen molar-refractivity contribution >= 4 is 11.7 Å². The zero-order valence-electron chi connectivity index (χ0n) is 17.6. The van der Waals surface area contributed by atoms with E-state index in [1.54, 1.807) is 0 Å². The number of amides is 1. The van der Waals surface area contributed by atoms with Crippen LogP contribution < -0.4 is 10.2 Å². The van der Waals surface area contributed by atoms with E-state index in [0.717, 1.165) is 71.0 Å². The van der Waals surface area contributed by atoms with Crippen molar-refractivity contribution in [2.24, 2.45) is 0 Å². The number of aromatic nitrogens is 1. The summed E-state index contributed by atoms with van der Waals surface area (Å²) < 4.78 is 5.41. The number of hydrogen-bond donors (Lipinski definition) is 1. The van der Waals surface area contributed by atoms with Gasteiger partial charge < -0.3 is 15.0 Å². The van der Waals surface area contributed by atoms with E-state index in [2.05, 4.69) is 56.5 Å². The van der Waals surface area contributed by atoms with Gasteiger partial charge in [-0.05, 0) is 42.5 Å². The molecule has 6 nitrogen and oxygen atoms in total. The molecule has 3 heterocycles. The molecule has 0 saturated carbocycles. The predicted octanol–water partition coefficient (Wildman–Crippen LogP) is 2.63. The number of anilines is 1. The Morgan fingerprint density at radius 3 is 2.57 bits per heavy atom. The molecule has 160 valence electrons. The van der Waals surface area contributed by atoms with Crippen molar-refractivity contribution in [3.8, 4) is 0 Å². The summed E-state index contributed by atoms with van der Waals surface area (Å²) in [7, 11) is 0. The zero-order chi connectivity index (χ0) is 20.6. The Hall–Kier alpha value is -2.44. The molecule has 0 spiro atoms. The molecule has 0 aliphatic carbocycles. The average molecular weight is 409 g/mol. The molecule has 30 heavy (non-hydrogen) atoms. The van der Waals surface area contributed by atoms with Gasteiger partial charge in [-0.15, -0.1) is 0 Å². The number of nitrogens with zero attached hydrogens (tertiary/aromatic N) is 3. The maximum absolute atomic E-state index is 12.5. The first kappa shape index (κ1) is 20.8. The Morgan fingerprint density at radius 1 is 1.03 bits per heavy atom. The van der Waals surface area contributed by atoms with Crippen LogP contribution in [0.3, 0.4) is 0 Å². The van der Waals surface area contributed by atoms with E-state index in [-0.39, 0.29) is 5.91 Å². The summed E-state index contributed by atoms with van der Waals surface area (Å²) in [5.74, 6) is 1.14. The number of aryl methyl sites for hydroxylation is 1. The van der Waals surface area contributed by atoms with Crippen LogP contribution in [0, 0.1) is 0 Å². The Morgan fingerprint density at radius 2 is 1.80 bits per heavy atom. The summed E-state index contributed by atoms with van der Waals surface area (Å²) in [6.07, 6.45) is 5.17. The molecule has 2 aliphatic heterocycles. The lowest BCUT2D eigenvalue weighted by Crippen LogP contribution is -2.44. The predicted molar refractivity (Wildman–Crippen MR) is 118 cm³/mol. The molecular weight excluding hydrogens is 376 g/mol. The second-order valence-electron chi connectivity index (χ2n) is 8.23. The number of carbonyl (C=O) groups is 1. The molecule has 0 atom stereocenters. The number of piperidine rings is 1. The van der Waals surface area contributed by atoms with Crippen molar-refractivity contribution in [3.63, 3.8) is 0 Å². The van der Waals surface area contributed by atoms with E-state index >= 15 is 0 Å². The SMILES string of the molecule is O=C(CCc1ccnc(N2CCOCC2)c1)NC1CCN(Cc2ccccc2)CC1. The fourth-order valence-electron chi connectivity index (χ4n) is 4.22. The Kier molecular flexibility index (Phi) is 7.32. The second-order valence-corrected chi connectivity index (χ2v) is 8.23. The van der Waals surface area contributed by atoms with Gasteiger partial charge in [0.15, 0.2) is 0 Å². The molecule has 0 radical (unpaired) electrons. The van der Waals surface area contributed by atoms with Crippen LogP contribution in [-0.4, -0.2) is 61.2 Å². The van der Waals surface area contributed by atoms with E-state index in [9.17, 15) is 4.79 Å². The molecule has 6 heteroatoms. The minimum atomic E-state index is 0.154. The van der Waals surface area contributed by atoms with Gasteiger partial charge in [0.25, 0.3) is 0 Å². The second kappa shape index (κ2) is 10.5. The number of benzene rings is 1. The minimum absolute atomic E-state index is 0.154. The first-order chi connectivity index (χ1) is 14.8. The number of nitrogens with one attached hydrogen (secondary N) is 1. The van der Waals surface area contributed by atoms with Gasteiger partial charge in [-0.2, -0.15) is 0 Å². The van der Waals surface area contributed by atoms with E-state index in [4.69, 9.17) is 4.74 Å². The van der Waals surface area contributed by atoms with Crippen LogP contribution in [0.5, 0.6) is 0 Å². The zero-order valence-corrected chi connectivity index (χ0v) is 17.6. The highest BCUT2D eigenvalue weighted by Crippen LogP contribution is 2.16. The van der Waals surface area contributed by atoms with Crippen LogP contribution in [0.2, 0.25) is 0 Å². The Balaban J connectivity index is 1.18. The van der Waals surface area contributed by atoms with Gasteiger partial charge in [-0.1, -0.05) is 30.3 Å². The standard InChI is InChI=1S/C24H32N4O2/c29-24(7-6-20-8-11-25-23(18-20)28-14-16-30-17-15-28)26-22-9-12-27(13-10-22)19-21-4-2-1-3-5-21/h1-5,8,11,18,22H,6-7,9-10,12-17,19H2,(H,26,29). The third kappa shape index (κ3) is 6.03. The minimum Gasteiger partial charge on any atom is -0.378 e. The quantitative estimate of drug-likeness (QED) is 0.763. The van der Waals surface area contributed by atoms with Crippen LogP contribution in [0.4, 0.5) is 5.82 Å². The van der Waals surface area contributed by atoms with Gasteiger partial charge in [0.05, 0.1) is 13.2 Å². The molecule has 2 saturated heterocycles. The van der Waals surface area contributed by atoms with Gasteiger partial charge in [-0.3, -0.25) is 9.69 Å². The van der Waals surface area contributed by atoms with Gasteiger partial charge >= 0.3 is 0 Å². The fourth-order valence-corrected chi connectivity index (χ4v) is 4.22. The van der Waals surface area contributed by atoms with Crippen molar-refractivity contribution < 1.29 is 9.53 Å².